The summed E-state index contributed by atoms with van der Waals surface area (Å²) in [4.78, 5) is 24.8. The van der Waals surface area contributed by atoms with E-state index in [1.54, 1.807) is 18.2 Å². The molecule has 28 heavy (non-hydrogen) atoms. The van der Waals surface area contributed by atoms with Crippen molar-refractivity contribution in [3.05, 3.63) is 70.8 Å². The van der Waals surface area contributed by atoms with E-state index < -0.39 is 29.6 Å². The third-order valence-electron chi connectivity index (χ3n) is 3.94. The minimum absolute atomic E-state index is 0.129. The molecule has 0 saturated carbocycles. The molecule has 0 aliphatic carbocycles. The first-order valence-corrected chi connectivity index (χ1v) is 8.39. The predicted molar refractivity (Wildman–Crippen MR) is 96.2 cm³/mol. The topological polar surface area (TPSA) is 82.0 Å². The van der Waals surface area contributed by atoms with Crippen LogP contribution in [0.5, 0.6) is 0 Å². The van der Waals surface area contributed by atoms with Crippen LogP contribution in [0.15, 0.2) is 48.5 Å². The average molecular weight is 389 g/mol. The van der Waals surface area contributed by atoms with Gasteiger partial charge in [0.2, 0.25) is 5.91 Å². The van der Waals surface area contributed by atoms with Crippen molar-refractivity contribution in [2.75, 3.05) is 6.54 Å². The molecule has 2 aromatic carbocycles. The first kappa shape index (κ1) is 21.0. The van der Waals surface area contributed by atoms with Gasteiger partial charge in [0, 0.05) is 12.0 Å². The van der Waals surface area contributed by atoms with Crippen molar-refractivity contribution < 1.29 is 22.8 Å². The van der Waals surface area contributed by atoms with Crippen molar-refractivity contribution in [2.45, 2.75) is 25.6 Å². The van der Waals surface area contributed by atoms with Crippen LogP contribution < -0.4 is 10.6 Å². The second kappa shape index (κ2) is 9.04. The van der Waals surface area contributed by atoms with Crippen LogP contribution in [0.2, 0.25) is 0 Å². The molecule has 2 aromatic rings. The normalized spacial score (nSPS) is 12.0. The van der Waals surface area contributed by atoms with Gasteiger partial charge in [-0.15, -0.1) is 0 Å². The zero-order valence-electron chi connectivity index (χ0n) is 15.0. The van der Waals surface area contributed by atoms with E-state index in [2.05, 4.69) is 10.6 Å². The van der Waals surface area contributed by atoms with Crippen molar-refractivity contribution in [2.24, 2.45) is 0 Å². The third-order valence-corrected chi connectivity index (χ3v) is 3.94. The molecule has 0 aliphatic heterocycles. The maximum Gasteiger partial charge on any atom is 0.416 e. The summed E-state index contributed by atoms with van der Waals surface area (Å²) in [5.41, 5.74) is 0.556. The molecular formula is C20H18F3N3O2. The molecule has 0 saturated heterocycles. The fraction of sp³-hybridized carbons (Fsp3) is 0.250. The summed E-state index contributed by atoms with van der Waals surface area (Å²) in [6.07, 6.45) is -4.45. The van der Waals surface area contributed by atoms with Gasteiger partial charge in [-0.1, -0.05) is 35.9 Å². The third kappa shape index (κ3) is 5.84. The Kier molecular flexibility index (Phi) is 6.77. The van der Waals surface area contributed by atoms with Crippen LogP contribution in [-0.4, -0.2) is 24.4 Å². The monoisotopic (exact) mass is 389 g/mol. The SMILES string of the molecule is Cc1cccc(C[C@H](NC(=O)c2cccc(C(F)(F)F)c2)C(=O)NCC#N)c1. The van der Waals surface area contributed by atoms with Crippen molar-refractivity contribution in [1.82, 2.24) is 10.6 Å². The number of hydrogen-bond donors (Lipinski definition) is 2. The number of nitriles is 1. The number of alkyl halides is 3. The van der Waals surface area contributed by atoms with Gasteiger partial charge >= 0.3 is 6.18 Å². The Morgan fingerprint density at radius 2 is 1.86 bits per heavy atom. The molecule has 8 heteroatoms. The number of nitrogens with zero attached hydrogens (tertiary/aromatic N) is 1. The Bertz CT molecular complexity index is 904. The Balaban J connectivity index is 2.22. The van der Waals surface area contributed by atoms with Crippen LogP contribution in [0.1, 0.15) is 27.0 Å². The van der Waals surface area contributed by atoms with E-state index in [9.17, 15) is 22.8 Å². The summed E-state index contributed by atoms with van der Waals surface area (Å²) in [6.45, 7) is 1.62. The first-order chi connectivity index (χ1) is 13.2. The number of carbonyl (C=O) groups is 2. The summed E-state index contributed by atoms with van der Waals surface area (Å²) in [5.74, 6) is -1.40. The van der Waals surface area contributed by atoms with Crippen molar-refractivity contribution in [1.29, 1.82) is 5.26 Å². The second-order valence-corrected chi connectivity index (χ2v) is 6.17. The highest BCUT2D eigenvalue weighted by Gasteiger charge is 2.31. The van der Waals surface area contributed by atoms with Gasteiger partial charge in [-0.3, -0.25) is 9.59 Å². The highest BCUT2D eigenvalue weighted by Crippen LogP contribution is 2.29. The lowest BCUT2D eigenvalue weighted by molar-refractivity contribution is -0.137. The number of amides is 2. The summed E-state index contributed by atoms with van der Waals surface area (Å²) in [6, 6.07) is 11.9. The number of aryl methyl sites for hydroxylation is 1. The van der Waals surface area contributed by atoms with Crippen LogP contribution in [0, 0.1) is 18.3 Å². The number of benzene rings is 2. The van der Waals surface area contributed by atoms with Gasteiger partial charge in [-0.2, -0.15) is 18.4 Å². The molecule has 0 radical (unpaired) electrons. The van der Waals surface area contributed by atoms with E-state index in [-0.39, 0.29) is 18.5 Å². The molecule has 0 spiro atoms. The lowest BCUT2D eigenvalue weighted by atomic mass is 10.0. The summed E-state index contributed by atoms with van der Waals surface area (Å²) >= 11 is 0. The molecule has 2 amide bonds. The summed E-state index contributed by atoms with van der Waals surface area (Å²) < 4.78 is 38.6. The van der Waals surface area contributed by atoms with Gasteiger partial charge in [0.15, 0.2) is 0 Å². The van der Waals surface area contributed by atoms with Crippen molar-refractivity contribution in [3.63, 3.8) is 0 Å². The Labute approximate surface area is 160 Å². The second-order valence-electron chi connectivity index (χ2n) is 6.17. The minimum atomic E-state index is -4.58. The van der Waals surface area contributed by atoms with E-state index in [1.807, 2.05) is 19.1 Å². The average Bonchev–Trinajstić information content (AvgIpc) is 2.65. The number of nitrogens with one attached hydrogen (secondary N) is 2. The van der Waals surface area contributed by atoms with Crippen LogP contribution in [-0.2, 0) is 17.4 Å². The minimum Gasteiger partial charge on any atom is -0.341 e. The Morgan fingerprint density at radius 3 is 2.50 bits per heavy atom. The Morgan fingerprint density at radius 1 is 1.14 bits per heavy atom. The highest BCUT2D eigenvalue weighted by molar-refractivity contribution is 5.97. The van der Waals surface area contributed by atoms with Gasteiger partial charge in [0.25, 0.3) is 5.91 Å². The quantitative estimate of drug-likeness (QED) is 0.746. The van der Waals surface area contributed by atoms with Gasteiger partial charge < -0.3 is 10.6 Å². The lowest BCUT2D eigenvalue weighted by Gasteiger charge is -2.18. The van der Waals surface area contributed by atoms with Gasteiger partial charge in [0.05, 0.1) is 11.6 Å². The largest absolute Gasteiger partial charge is 0.416 e. The van der Waals surface area contributed by atoms with Crippen LogP contribution in [0.4, 0.5) is 13.2 Å². The molecule has 0 unspecified atom stereocenters. The summed E-state index contributed by atoms with van der Waals surface area (Å²) in [5, 5.41) is 13.5. The standard InChI is InChI=1S/C20H18F3N3O2/c1-13-4-2-5-14(10-13)11-17(19(28)25-9-8-24)26-18(27)15-6-3-7-16(12-15)20(21,22)23/h2-7,10,12,17H,9,11H2,1H3,(H,25,28)(H,26,27)/t17-/m0/s1. The molecule has 0 aliphatic rings. The van der Waals surface area contributed by atoms with Crippen molar-refractivity contribution in [3.8, 4) is 6.07 Å². The Hall–Kier alpha value is -3.34. The number of carbonyl (C=O) groups excluding carboxylic acids is 2. The van der Waals surface area contributed by atoms with Gasteiger partial charge in [-0.05, 0) is 30.7 Å². The molecule has 0 bridgehead atoms. The van der Waals surface area contributed by atoms with Gasteiger partial charge in [0.1, 0.15) is 12.6 Å². The van der Waals surface area contributed by atoms with E-state index in [0.29, 0.717) is 0 Å². The maximum atomic E-state index is 12.9. The van der Waals surface area contributed by atoms with E-state index in [1.165, 1.54) is 6.07 Å². The van der Waals surface area contributed by atoms with Crippen LogP contribution in [0.3, 0.4) is 0 Å². The maximum absolute atomic E-state index is 12.9. The predicted octanol–water partition coefficient (Wildman–Crippen LogP) is 2.99. The lowest BCUT2D eigenvalue weighted by Crippen LogP contribution is -2.48. The van der Waals surface area contributed by atoms with Gasteiger partial charge in [-0.25, -0.2) is 0 Å². The molecule has 1 atom stereocenters. The number of rotatable bonds is 6. The molecular weight excluding hydrogens is 371 g/mol. The summed E-state index contributed by atoms with van der Waals surface area (Å²) in [7, 11) is 0. The fourth-order valence-electron chi connectivity index (χ4n) is 2.61. The number of halogens is 3. The van der Waals surface area contributed by atoms with Crippen LogP contribution >= 0.6 is 0 Å². The molecule has 0 aromatic heterocycles. The highest BCUT2D eigenvalue weighted by atomic mass is 19.4. The van der Waals surface area contributed by atoms with Crippen molar-refractivity contribution >= 4 is 11.8 Å². The number of hydrogen-bond acceptors (Lipinski definition) is 3. The molecule has 146 valence electrons. The van der Waals surface area contributed by atoms with E-state index >= 15 is 0 Å². The zero-order chi connectivity index (χ0) is 20.7. The smallest absolute Gasteiger partial charge is 0.341 e. The zero-order valence-corrected chi connectivity index (χ0v) is 15.0. The molecule has 0 fully saturated rings. The molecule has 5 nitrogen and oxygen atoms in total. The van der Waals surface area contributed by atoms with Crippen LogP contribution in [0.25, 0.3) is 0 Å². The molecule has 2 N–H and O–H groups in total. The fourth-order valence-corrected chi connectivity index (χ4v) is 2.61. The molecule has 0 heterocycles. The first-order valence-electron chi connectivity index (χ1n) is 8.39. The van der Waals surface area contributed by atoms with E-state index in [0.717, 1.165) is 29.3 Å². The van der Waals surface area contributed by atoms with E-state index in [4.69, 9.17) is 5.26 Å². The molecule has 2 rings (SSSR count).